The van der Waals surface area contributed by atoms with E-state index < -0.39 is 11.7 Å². The maximum atomic E-state index is 12.5. The minimum Gasteiger partial charge on any atom is -0.380 e. The zero-order chi connectivity index (χ0) is 13.8. The van der Waals surface area contributed by atoms with Crippen molar-refractivity contribution in [1.29, 1.82) is 0 Å². The molecule has 3 N–H and O–H groups in total. The van der Waals surface area contributed by atoms with Gasteiger partial charge < -0.3 is 11.1 Å². The van der Waals surface area contributed by atoms with E-state index in [2.05, 4.69) is 21.2 Å². The van der Waals surface area contributed by atoms with Gasteiger partial charge in [0.25, 0.3) is 0 Å². The van der Waals surface area contributed by atoms with Gasteiger partial charge in [-0.15, -0.1) is 0 Å². The number of alkyl halides is 3. The fourth-order valence-electron chi connectivity index (χ4n) is 1.63. The van der Waals surface area contributed by atoms with Crippen molar-refractivity contribution in [3.63, 3.8) is 0 Å². The molecule has 102 valence electrons. The van der Waals surface area contributed by atoms with E-state index in [1.165, 1.54) is 6.07 Å². The molecular formula is C12H16BrF3N2. The van der Waals surface area contributed by atoms with E-state index in [0.717, 1.165) is 25.0 Å². The van der Waals surface area contributed by atoms with E-state index in [1.54, 1.807) is 0 Å². The summed E-state index contributed by atoms with van der Waals surface area (Å²) in [4.78, 5) is 0. The zero-order valence-corrected chi connectivity index (χ0v) is 11.6. The molecule has 0 aliphatic heterocycles. The average Bonchev–Trinajstić information content (AvgIpc) is 2.29. The Balaban J connectivity index is 2.85. The highest BCUT2D eigenvalue weighted by molar-refractivity contribution is 9.10. The van der Waals surface area contributed by atoms with Crippen LogP contribution in [0, 0.1) is 0 Å². The van der Waals surface area contributed by atoms with Gasteiger partial charge in [0.05, 0.1) is 5.56 Å². The lowest BCUT2D eigenvalue weighted by Crippen LogP contribution is -2.28. The Labute approximate surface area is 113 Å². The van der Waals surface area contributed by atoms with Crippen LogP contribution < -0.4 is 11.1 Å². The molecule has 1 rings (SSSR count). The van der Waals surface area contributed by atoms with Gasteiger partial charge in [-0.3, -0.25) is 0 Å². The summed E-state index contributed by atoms with van der Waals surface area (Å²) in [5, 5.41) is 3.14. The first-order valence-electron chi connectivity index (χ1n) is 5.71. The van der Waals surface area contributed by atoms with Crippen LogP contribution in [0.3, 0.4) is 0 Å². The Kier molecular flexibility index (Phi) is 5.47. The maximum absolute atomic E-state index is 12.5. The lowest BCUT2D eigenvalue weighted by molar-refractivity contribution is -0.137. The van der Waals surface area contributed by atoms with Gasteiger partial charge in [0.1, 0.15) is 0 Å². The van der Waals surface area contributed by atoms with Crippen LogP contribution in [-0.4, -0.2) is 12.6 Å². The molecule has 0 bridgehead atoms. The molecule has 1 aromatic carbocycles. The van der Waals surface area contributed by atoms with Gasteiger partial charge in [0.2, 0.25) is 0 Å². The van der Waals surface area contributed by atoms with Gasteiger partial charge in [0.15, 0.2) is 0 Å². The Morgan fingerprint density at radius 1 is 1.39 bits per heavy atom. The molecule has 0 heterocycles. The first-order chi connectivity index (χ1) is 8.38. The van der Waals surface area contributed by atoms with Crippen LogP contribution in [0.25, 0.3) is 0 Å². The largest absolute Gasteiger partial charge is 0.416 e. The molecule has 0 saturated heterocycles. The van der Waals surface area contributed by atoms with E-state index in [0.29, 0.717) is 16.7 Å². The molecular weight excluding hydrogens is 309 g/mol. The molecule has 6 heteroatoms. The molecule has 0 spiro atoms. The second-order valence-electron chi connectivity index (χ2n) is 4.06. The first kappa shape index (κ1) is 15.3. The van der Waals surface area contributed by atoms with Crippen LogP contribution in [0.4, 0.5) is 18.9 Å². The lowest BCUT2D eigenvalue weighted by atomic mass is 10.1. The molecule has 0 fully saturated rings. The molecule has 0 aliphatic rings. The number of hydrogen-bond donors (Lipinski definition) is 2. The molecule has 0 aliphatic carbocycles. The number of benzene rings is 1. The van der Waals surface area contributed by atoms with E-state index in [4.69, 9.17) is 5.73 Å². The van der Waals surface area contributed by atoms with Crippen molar-refractivity contribution >= 4 is 21.6 Å². The quantitative estimate of drug-likeness (QED) is 0.858. The summed E-state index contributed by atoms with van der Waals surface area (Å²) >= 11 is 3.15. The third-order valence-corrected chi connectivity index (χ3v) is 3.23. The summed E-state index contributed by atoms with van der Waals surface area (Å²) in [5.41, 5.74) is 5.56. The highest BCUT2D eigenvalue weighted by Crippen LogP contribution is 2.34. The van der Waals surface area contributed by atoms with Gasteiger partial charge in [-0.05, 0) is 40.5 Å². The van der Waals surface area contributed by atoms with Crippen LogP contribution in [0.2, 0.25) is 0 Å². The van der Waals surface area contributed by atoms with Crippen molar-refractivity contribution in [1.82, 2.24) is 0 Å². The smallest absolute Gasteiger partial charge is 0.380 e. The summed E-state index contributed by atoms with van der Waals surface area (Å²) in [6, 6.07) is 3.63. The number of halogens is 4. The van der Waals surface area contributed by atoms with E-state index in [-0.39, 0.29) is 6.04 Å². The van der Waals surface area contributed by atoms with Crippen molar-refractivity contribution in [2.24, 2.45) is 5.73 Å². The fraction of sp³-hybridized carbons (Fsp3) is 0.500. The minimum absolute atomic E-state index is 0.0723. The highest BCUT2D eigenvalue weighted by atomic mass is 79.9. The second-order valence-corrected chi connectivity index (χ2v) is 4.91. The molecule has 0 amide bonds. The molecule has 0 aromatic heterocycles. The molecule has 1 atom stereocenters. The molecule has 1 aromatic rings. The number of rotatable bonds is 5. The number of anilines is 1. The Morgan fingerprint density at radius 2 is 2.06 bits per heavy atom. The van der Waals surface area contributed by atoms with Crippen molar-refractivity contribution < 1.29 is 13.2 Å². The fourth-order valence-corrected chi connectivity index (χ4v) is 2.12. The van der Waals surface area contributed by atoms with Crippen LogP contribution in [0.5, 0.6) is 0 Å². The van der Waals surface area contributed by atoms with Crippen LogP contribution in [0.15, 0.2) is 22.7 Å². The molecule has 0 saturated carbocycles. The monoisotopic (exact) mass is 324 g/mol. The average molecular weight is 325 g/mol. The topological polar surface area (TPSA) is 38.0 Å². The molecule has 1 unspecified atom stereocenters. The Morgan fingerprint density at radius 3 is 2.50 bits per heavy atom. The Hall–Kier alpha value is -0.750. The van der Waals surface area contributed by atoms with E-state index in [9.17, 15) is 13.2 Å². The van der Waals surface area contributed by atoms with Crippen molar-refractivity contribution in [2.75, 3.05) is 11.9 Å². The Bertz CT molecular complexity index is 393. The first-order valence-corrected chi connectivity index (χ1v) is 6.51. The molecule has 0 radical (unpaired) electrons. The summed E-state index contributed by atoms with van der Waals surface area (Å²) in [6.07, 6.45) is -2.48. The van der Waals surface area contributed by atoms with Crippen molar-refractivity contribution in [2.45, 2.75) is 32.0 Å². The van der Waals surface area contributed by atoms with Gasteiger partial charge in [-0.1, -0.05) is 13.3 Å². The van der Waals surface area contributed by atoms with Crippen molar-refractivity contribution in [3.8, 4) is 0 Å². The number of nitrogens with one attached hydrogen (secondary N) is 1. The van der Waals surface area contributed by atoms with E-state index in [1.807, 2.05) is 6.92 Å². The highest BCUT2D eigenvalue weighted by Gasteiger charge is 2.30. The van der Waals surface area contributed by atoms with Crippen molar-refractivity contribution in [3.05, 3.63) is 28.2 Å². The third-order valence-electron chi connectivity index (χ3n) is 2.58. The summed E-state index contributed by atoms with van der Waals surface area (Å²) in [6.45, 7) is 2.48. The summed E-state index contributed by atoms with van der Waals surface area (Å²) in [7, 11) is 0. The van der Waals surface area contributed by atoms with Gasteiger partial charge in [0, 0.05) is 22.7 Å². The third kappa shape index (κ3) is 4.17. The second kappa shape index (κ2) is 6.43. The predicted molar refractivity (Wildman–Crippen MR) is 70.5 cm³/mol. The predicted octanol–water partition coefficient (Wildman–Crippen LogP) is 4.01. The van der Waals surface area contributed by atoms with Crippen LogP contribution in [-0.2, 0) is 6.18 Å². The maximum Gasteiger partial charge on any atom is 0.416 e. The number of hydrogen-bond acceptors (Lipinski definition) is 2. The SMILES string of the molecule is CCCC(CN)Nc1ccc(C(F)(F)F)cc1Br. The normalized spacial score (nSPS) is 13.4. The van der Waals surface area contributed by atoms with Crippen LogP contribution >= 0.6 is 15.9 Å². The molecule has 18 heavy (non-hydrogen) atoms. The number of nitrogens with two attached hydrogens (primary N) is 1. The lowest BCUT2D eigenvalue weighted by Gasteiger charge is -2.19. The molecule has 2 nitrogen and oxygen atoms in total. The zero-order valence-electron chi connectivity index (χ0n) is 10.0. The van der Waals surface area contributed by atoms with Crippen LogP contribution in [0.1, 0.15) is 25.3 Å². The van der Waals surface area contributed by atoms with E-state index >= 15 is 0 Å². The minimum atomic E-state index is -4.32. The summed E-state index contributed by atoms with van der Waals surface area (Å²) < 4.78 is 37.9. The van der Waals surface area contributed by atoms with Gasteiger partial charge in [-0.2, -0.15) is 13.2 Å². The summed E-state index contributed by atoms with van der Waals surface area (Å²) in [5.74, 6) is 0. The van der Waals surface area contributed by atoms with Gasteiger partial charge in [-0.25, -0.2) is 0 Å². The standard InChI is InChI=1S/C12H16BrF3N2/c1-2-3-9(7-17)18-11-5-4-8(6-10(11)13)12(14,15)16/h4-6,9,18H,2-3,7,17H2,1H3. The van der Waals surface area contributed by atoms with Gasteiger partial charge >= 0.3 is 6.18 Å².